The lowest BCUT2D eigenvalue weighted by Crippen LogP contribution is -2.51. The second-order valence-corrected chi connectivity index (χ2v) is 5.66. The highest BCUT2D eigenvalue weighted by Gasteiger charge is 2.55. The van der Waals surface area contributed by atoms with Gasteiger partial charge in [-0.2, -0.15) is 0 Å². The molecule has 2 aliphatic carbocycles. The molecule has 17 heavy (non-hydrogen) atoms. The summed E-state index contributed by atoms with van der Waals surface area (Å²) in [5.41, 5.74) is -1.11. The van der Waals surface area contributed by atoms with Crippen molar-refractivity contribution in [1.29, 1.82) is 0 Å². The average molecular weight is 236 g/mol. The molecule has 0 aromatic carbocycles. The summed E-state index contributed by atoms with van der Waals surface area (Å²) in [6.45, 7) is 6.23. The minimum absolute atomic E-state index is 0.0364. The first-order valence-corrected chi connectivity index (χ1v) is 6.36. The number of fused-ring (bicyclic) bond motifs is 2. The summed E-state index contributed by atoms with van der Waals surface area (Å²) < 4.78 is 5.09. The summed E-state index contributed by atoms with van der Waals surface area (Å²) in [7, 11) is 0. The Morgan fingerprint density at radius 3 is 2.82 bits per heavy atom. The highest BCUT2D eigenvalue weighted by molar-refractivity contribution is 6.08. The van der Waals surface area contributed by atoms with E-state index in [1.807, 2.05) is 6.08 Å². The van der Waals surface area contributed by atoms with Gasteiger partial charge in [-0.15, -0.1) is 0 Å². The van der Waals surface area contributed by atoms with Crippen LogP contribution in [0.15, 0.2) is 12.2 Å². The Hall–Kier alpha value is -1.12. The van der Waals surface area contributed by atoms with Crippen molar-refractivity contribution in [2.24, 2.45) is 16.7 Å². The molecule has 0 radical (unpaired) electrons. The fourth-order valence-electron chi connectivity index (χ4n) is 3.03. The van der Waals surface area contributed by atoms with E-state index in [9.17, 15) is 9.59 Å². The van der Waals surface area contributed by atoms with Crippen molar-refractivity contribution in [1.82, 2.24) is 0 Å². The zero-order valence-corrected chi connectivity index (χ0v) is 10.8. The van der Waals surface area contributed by atoms with Crippen LogP contribution in [0, 0.1) is 16.7 Å². The molecule has 0 aliphatic heterocycles. The number of hydrogen-bond acceptors (Lipinski definition) is 3. The SMILES string of the molecule is CCOC(=O)[C@]12C=CC(C)(C)[C@H](CCC1)C2=O. The van der Waals surface area contributed by atoms with Crippen molar-refractivity contribution in [3.8, 4) is 0 Å². The number of carbonyl (C=O) groups is 2. The molecule has 2 bridgehead atoms. The van der Waals surface area contributed by atoms with Crippen molar-refractivity contribution in [3.63, 3.8) is 0 Å². The van der Waals surface area contributed by atoms with Gasteiger partial charge in [0.2, 0.25) is 0 Å². The van der Waals surface area contributed by atoms with Gasteiger partial charge in [-0.05, 0) is 25.2 Å². The Kier molecular flexibility index (Phi) is 2.88. The number of ether oxygens (including phenoxy) is 1. The van der Waals surface area contributed by atoms with Gasteiger partial charge < -0.3 is 4.74 Å². The van der Waals surface area contributed by atoms with Crippen LogP contribution >= 0.6 is 0 Å². The molecule has 2 rings (SSSR count). The maximum atomic E-state index is 12.5. The maximum Gasteiger partial charge on any atom is 0.323 e. The highest BCUT2D eigenvalue weighted by atomic mass is 16.5. The first-order chi connectivity index (χ1) is 7.94. The predicted octanol–water partition coefficient (Wildman–Crippen LogP) is 2.50. The lowest BCUT2D eigenvalue weighted by molar-refractivity contribution is -0.162. The number of ketones is 1. The summed E-state index contributed by atoms with van der Waals surface area (Å²) in [5.74, 6) is -0.332. The van der Waals surface area contributed by atoms with Gasteiger partial charge in [0.15, 0.2) is 5.78 Å². The van der Waals surface area contributed by atoms with Crippen LogP contribution in [0.2, 0.25) is 0 Å². The maximum absolute atomic E-state index is 12.5. The van der Waals surface area contributed by atoms with E-state index >= 15 is 0 Å². The number of esters is 1. The van der Waals surface area contributed by atoms with Crippen LogP contribution in [0.4, 0.5) is 0 Å². The van der Waals surface area contributed by atoms with Gasteiger partial charge in [-0.1, -0.05) is 32.4 Å². The van der Waals surface area contributed by atoms with Crippen LogP contribution in [-0.2, 0) is 14.3 Å². The van der Waals surface area contributed by atoms with Crippen LogP contribution in [-0.4, -0.2) is 18.4 Å². The topological polar surface area (TPSA) is 43.4 Å². The van der Waals surface area contributed by atoms with Gasteiger partial charge in [-0.25, -0.2) is 0 Å². The van der Waals surface area contributed by atoms with E-state index in [2.05, 4.69) is 13.8 Å². The van der Waals surface area contributed by atoms with E-state index in [0.29, 0.717) is 13.0 Å². The molecule has 3 nitrogen and oxygen atoms in total. The van der Waals surface area contributed by atoms with E-state index < -0.39 is 5.41 Å². The van der Waals surface area contributed by atoms with E-state index in [1.165, 1.54) is 0 Å². The van der Waals surface area contributed by atoms with Crippen LogP contribution in [0.3, 0.4) is 0 Å². The van der Waals surface area contributed by atoms with Gasteiger partial charge >= 0.3 is 5.97 Å². The molecule has 94 valence electrons. The van der Waals surface area contributed by atoms with Gasteiger partial charge in [0.25, 0.3) is 0 Å². The monoisotopic (exact) mass is 236 g/mol. The fourth-order valence-corrected chi connectivity index (χ4v) is 3.03. The summed E-state index contributed by atoms with van der Waals surface area (Å²) in [5, 5.41) is 0. The number of Topliss-reactive ketones (excluding diaryl/α,β-unsaturated/α-hetero) is 1. The Labute approximate surface area is 102 Å². The molecule has 0 heterocycles. The first-order valence-electron chi connectivity index (χ1n) is 6.36. The molecule has 0 N–H and O–H groups in total. The molecule has 1 fully saturated rings. The minimum Gasteiger partial charge on any atom is -0.465 e. The summed E-state index contributed by atoms with van der Waals surface area (Å²) in [6, 6.07) is 0. The fraction of sp³-hybridized carbons (Fsp3) is 0.714. The zero-order chi connectivity index (χ0) is 12.7. The standard InChI is InChI=1S/C14H20O3/c1-4-17-12(16)14-7-5-6-10(11(14)15)13(2,3)8-9-14/h8-10H,4-7H2,1-3H3/t10-,14+/m1/s1. The third-order valence-electron chi connectivity index (χ3n) is 4.16. The van der Waals surface area contributed by atoms with Gasteiger partial charge in [0, 0.05) is 5.92 Å². The minimum atomic E-state index is -0.978. The quantitative estimate of drug-likeness (QED) is 0.420. The zero-order valence-electron chi connectivity index (χ0n) is 10.8. The van der Waals surface area contributed by atoms with Crippen LogP contribution in [0.1, 0.15) is 40.0 Å². The normalized spacial score (nSPS) is 34.5. The lowest BCUT2D eigenvalue weighted by atomic mass is 9.57. The largest absolute Gasteiger partial charge is 0.465 e. The van der Waals surface area contributed by atoms with Crippen molar-refractivity contribution in [3.05, 3.63) is 12.2 Å². The molecule has 0 unspecified atom stereocenters. The molecule has 0 saturated heterocycles. The van der Waals surface area contributed by atoms with Gasteiger partial charge in [0.1, 0.15) is 5.41 Å². The first kappa shape index (κ1) is 12.3. The molecule has 0 spiro atoms. The Morgan fingerprint density at radius 1 is 1.47 bits per heavy atom. The molecule has 2 aliphatic rings. The van der Waals surface area contributed by atoms with Gasteiger partial charge in [0.05, 0.1) is 6.61 Å². The second kappa shape index (κ2) is 3.97. The summed E-state index contributed by atoms with van der Waals surface area (Å²) in [4.78, 5) is 24.6. The second-order valence-electron chi connectivity index (χ2n) is 5.66. The lowest BCUT2D eigenvalue weighted by Gasteiger charge is -2.45. The van der Waals surface area contributed by atoms with Crippen LogP contribution in [0.25, 0.3) is 0 Å². The predicted molar refractivity (Wildman–Crippen MR) is 64.3 cm³/mol. The van der Waals surface area contributed by atoms with Crippen LogP contribution in [0.5, 0.6) is 0 Å². The summed E-state index contributed by atoms with van der Waals surface area (Å²) >= 11 is 0. The molecule has 0 aromatic rings. The van der Waals surface area contributed by atoms with E-state index in [-0.39, 0.29) is 23.1 Å². The van der Waals surface area contributed by atoms with Crippen molar-refractivity contribution in [2.75, 3.05) is 6.61 Å². The third-order valence-corrected chi connectivity index (χ3v) is 4.16. The number of carbonyl (C=O) groups excluding carboxylic acids is 2. The number of rotatable bonds is 2. The van der Waals surface area contributed by atoms with E-state index in [4.69, 9.17) is 4.74 Å². The Bertz CT molecular complexity index is 381. The van der Waals surface area contributed by atoms with E-state index in [1.54, 1.807) is 13.0 Å². The molecular formula is C14H20O3. The molecule has 1 saturated carbocycles. The Morgan fingerprint density at radius 2 is 2.18 bits per heavy atom. The molecular weight excluding hydrogens is 216 g/mol. The Balaban J connectivity index is 2.41. The number of allylic oxidation sites excluding steroid dienone is 1. The number of hydrogen-bond donors (Lipinski definition) is 0. The van der Waals surface area contributed by atoms with Crippen LogP contribution < -0.4 is 0 Å². The highest BCUT2D eigenvalue weighted by Crippen LogP contribution is 2.50. The molecule has 0 aromatic heterocycles. The van der Waals surface area contributed by atoms with Crippen molar-refractivity contribution in [2.45, 2.75) is 40.0 Å². The molecule has 0 amide bonds. The average Bonchev–Trinajstić information content (AvgIpc) is 2.26. The molecule has 3 heteroatoms. The molecule has 2 atom stereocenters. The van der Waals surface area contributed by atoms with E-state index in [0.717, 1.165) is 12.8 Å². The smallest absolute Gasteiger partial charge is 0.323 e. The van der Waals surface area contributed by atoms with Crippen molar-refractivity contribution >= 4 is 11.8 Å². The van der Waals surface area contributed by atoms with Gasteiger partial charge in [-0.3, -0.25) is 9.59 Å². The summed E-state index contributed by atoms with van der Waals surface area (Å²) in [6.07, 6.45) is 6.23. The van der Waals surface area contributed by atoms with Crippen molar-refractivity contribution < 1.29 is 14.3 Å². The third kappa shape index (κ3) is 1.72.